The molecular formula is C3H5LiS2. The summed E-state index contributed by atoms with van der Waals surface area (Å²) >= 11 is 0. The molecule has 0 radical (unpaired) electrons. The summed E-state index contributed by atoms with van der Waals surface area (Å²) in [5.74, 6) is 3.56. The molecule has 1 aliphatic rings. The minimum absolute atomic E-state index is 0. The maximum absolute atomic E-state index is 2.24. The quantitative estimate of drug-likeness (QED) is 0.222. The van der Waals surface area contributed by atoms with Crippen LogP contribution in [0.1, 0.15) is 6.42 Å². The van der Waals surface area contributed by atoms with Gasteiger partial charge in [-0.3, -0.25) is 16.5 Å². The topological polar surface area (TPSA) is 0 Å². The van der Waals surface area contributed by atoms with Crippen molar-refractivity contribution in [2.75, 3.05) is 5.75 Å². The third kappa shape index (κ3) is 2.47. The summed E-state index contributed by atoms with van der Waals surface area (Å²) in [7, 11) is 3.80. The number of rotatable bonds is 0. The van der Waals surface area contributed by atoms with Crippen molar-refractivity contribution in [1.29, 1.82) is 0 Å². The smallest absolute Gasteiger partial charge is 0.284 e. The van der Waals surface area contributed by atoms with Crippen LogP contribution in [-0.4, -0.2) is 5.75 Å². The Morgan fingerprint density at radius 2 is 2.33 bits per heavy atom. The van der Waals surface area contributed by atoms with E-state index in [0.717, 1.165) is 0 Å². The fourth-order valence-corrected chi connectivity index (χ4v) is 2.17. The Morgan fingerprint density at radius 3 is 2.50 bits per heavy atom. The summed E-state index contributed by atoms with van der Waals surface area (Å²) in [6, 6.07) is 0. The molecule has 1 fully saturated rings. The molecule has 0 N–H and O–H groups in total. The second-order valence-electron chi connectivity index (χ2n) is 0.874. The zero-order valence-corrected chi connectivity index (χ0v) is 5.44. The van der Waals surface area contributed by atoms with Crippen LogP contribution in [-0.2, 0) is 0 Å². The SMILES string of the molecule is [CH-]1CCSS1.[Li+]. The fraction of sp³-hybridized carbons (Fsp3) is 0.667. The summed E-state index contributed by atoms with van der Waals surface area (Å²) in [5.41, 5.74) is 0. The molecular weight excluding hydrogens is 107 g/mol. The predicted octanol–water partition coefficient (Wildman–Crippen LogP) is -1.06. The van der Waals surface area contributed by atoms with Gasteiger partial charge in [-0.25, -0.2) is 0 Å². The van der Waals surface area contributed by atoms with Gasteiger partial charge in [-0.15, -0.1) is 10.8 Å². The molecule has 0 unspecified atom stereocenters. The van der Waals surface area contributed by atoms with Crippen molar-refractivity contribution in [1.82, 2.24) is 0 Å². The molecule has 1 rings (SSSR count). The first-order chi connectivity index (χ1) is 2.50. The van der Waals surface area contributed by atoms with Crippen molar-refractivity contribution in [2.45, 2.75) is 6.42 Å². The van der Waals surface area contributed by atoms with Gasteiger partial charge in [0.05, 0.1) is 0 Å². The molecule has 0 aromatic heterocycles. The molecule has 0 aromatic rings. The van der Waals surface area contributed by atoms with E-state index in [0.29, 0.717) is 0 Å². The molecule has 6 heavy (non-hydrogen) atoms. The molecule has 0 spiro atoms. The Bertz CT molecular complexity index is 20.4. The maximum Gasteiger partial charge on any atom is 1.00 e. The summed E-state index contributed by atoms with van der Waals surface area (Å²) in [6.07, 6.45) is 1.30. The van der Waals surface area contributed by atoms with Gasteiger partial charge in [0, 0.05) is 0 Å². The Morgan fingerprint density at radius 1 is 1.50 bits per heavy atom. The zero-order valence-electron chi connectivity index (χ0n) is 3.81. The van der Waals surface area contributed by atoms with E-state index >= 15 is 0 Å². The third-order valence-electron chi connectivity index (χ3n) is 0.455. The van der Waals surface area contributed by atoms with Gasteiger partial charge in [0.1, 0.15) is 0 Å². The van der Waals surface area contributed by atoms with E-state index < -0.39 is 0 Å². The van der Waals surface area contributed by atoms with Crippen molar-refractivity contribution in [3.8, 4) is 0 Å². The molecule has 30 valence electrons. The van der Waals surface area contributed by atoms with Crippen LogP contribution >= 0.6 is 21.6 Å². The van der Waals surface area contributed by atoms with E-state index in [1.807, 2.05) is 21.6 Å². The Balaban J connectivity index is 0.000000250. The average molecular weight is 112 g/mol. The van der Waals surface area contributed by atoms with E-state index in [1.54, 1.807) is 0 Å². The normalized spacial score (nSPS) is 20.0. The molecule has 0 bridgehead atoms. The van der Waals surface area contributed by atoms with Crippen LogP contribution in [0.2, 0.25) is 0 Å². The van der Waals surface area contributed by atoms with E-state index in [9.17, 15) is 0 Å². The van der Waals surface area contributed by atoms with Gasteiger partial charge in [0.15, 0.2) is 0 Å². The maximum atomic E-state index is 2.24. The minimum Gasteiger partial charge on any atom is -0.284 e. The Labute approximate surface area is 58.4 Å². The van der Waals surface area contributed by atoms with Gasteiger partial charge in [-0.2, -0.15) is 6.42 Å². The zero-order chi connectivity index (χ0) is 3.54. The first kappa shape index (κ1) is 7.30. The van der Waals surface area contributed by atoms with Crippen LogP contribution in [0.4, 0.5) is 0 Å². The van der Waals surface area contributed by atoms with Gasteiger partial charge >= 0.3 is 18.9 Å². The molecule has 3 heteroatoms. The van der Waals surface area contributed by atoms with E-state index in [1.165, 1.54) is 12.2 Å². The Hall–Kier alpha value is 1.30. The van der Waals surface area contributed by atoms with Crippen molar-refractivity contribution in [2.24, 2.45) is 0 Å². The number of hydrogen-bond acceptors (Lipinski definition) is 2. The Kier molecular flexibility index (Phi) is 5.42. The van der Waals surface area contributed by atoms with Crippen molar-refractivity contribution < 1.29 is 18.9 Å². The molecule has 0 aromatic carbocycles. The molecule has 0 amide bonds. The van der Waals surface area contributed by atoms with Crippen LogP contribution in [0.3, 0.4) is 0 Å². The fourth-order valence-electron chi connectivity index (χ4n) is 0.241. The molecule has 1 saturated heterocycles. The van der Waals surface area contributed by atoms with Crippen molar-refractivity contribution in [3.05, 3.63) is 5.75 Å². The molecule has 0 aliphatic carbocycles. The molecule has 1 aliphatic heterocycles. The summed E-state index contributed by atoms with van der Waals surface area (Å²) < 4.78 is 0. The average Bonchev–Trinajstić information content (AvgIpc) is 1.76. The van der Waals surface area contributed by atoms with Gasteiger partial charge in [0.2, 0.25) is 0 Å². The molecule has 1 heterocycles. The minimum atomic E-state index is 0. The van der Waals surface area contributed by atoms with Gasteiger partial charge in [-0.1, -0.05) is 0 Å². The van der Waals surface area contributed by atoms with Gasteiger partial charge in [0.25, 0.3) is 0 Å². The van der Waals surface area contributed by atoms with Crippen LogP contribution in [0, 0.1) is 5.75 Å². The molecule has 0 nitrogen and oxygen atoms in total. The van der Waals surface area contributed by atoms with E-state index in [4.69, 9.17) is 0 Å². The van der Waals surface area contributed by atoms with Crippen LogP contribution < -0.4 is 18.9 Å². The standard InChI is InChI=1S/C3H5S2.Li/c1-2-4-5-3-1;/h2H,1,3H2;/q-1;+1. The molecule has 0 saturated carbocycles. The van der Waals surface area contributed by atoms with Crippen molar-refractivity contribution >= 4 is 21.6 Å². The van der Waals surface area contributed by atoms with E-state index in [2.05, 4.69) is 5.75 Å². The number of hydrogen-bond donors (Lipinski definition) is 0. The van der Waals surface area contributed by atoms with Crippen LogP contribution in [0.5, 0.6) is 0 Å². The monoisotopic (exact) mass is 112 g/mol. The van der Waals surface area contributed by atoms with Gasteiger partial charge in [-0.05, 0) is 5.75 Å². The first-order valence-electron chi connectivity index (χ1n) is 1.60. The largest absolute Gasteiger partial charge is 1.00 e. The van der Waals surface area contributed by atoms with Crippen LogP contribution in [0.15, 0.2) is 0 Å². The van der Waals surface area contributed by atoms with E-state index in [-0.39, 0.29) is 18.9 Å². The predicted molar refractivity (Wildman–Crippen MR) is 29.0 cm³/mol. The second-order valence-corrected chi connectivity index (χ2v) is 3.33. The summed E-state index contributed by atoms with van der Waals surface area (Å²) in [4.78, 5) is 0. The third-order valence-corrected chi connectivity index (χ3v) is 2.68. The van der Waals surface area contributed by atoms with Crippen LogP contribution in [0.25, 0.3) is 0 Å². The summed E-state index contributed by atoms with van der Waals surface area (Å²) in [6.45, 7) is 0. The molecule has 0 atom stereocenters. The first-order valence-corrected chi connectivity index (χ1v) is 3.98. The second kappa shape index (κ2) is 4.46. The van der Waals surface area contributed by atoms with Gasteiger partial charge < -0.3 is 0 Å². The summed E-state index contributed by atoms with van der Waals surface area (Å²) in [5, 5.41) is 0. The van der Waals surface area contributed by atoms with Crippen molar-refractivity contribution in [3.63, 3.8) is 0 Å².